The Morgan fingerprint density at radius 2 is 1.03 bits per heavy atom. The van der Waals surface area contributed by atoms with Gasteiger partial charge in [0.2, 0.25) is 0 Å². The number of hydrogen-bond acceptors (Lipinski definition) is 2. The second kappa shape index (κ2) is 7.36. The van der Waals surface area contributed by atoms with Crippen LogP contribution in [0.25, 0.3) is 0 Å². The number of rotatable bonds is 2. The van der Waals surface area contributed by atoms with Crippen molar-refractivity contribution >= 4 is 50.7 Å². The SMILES string of the molecule is C[SiH]1N(C(C)(C)C)P(C)(C)=C2CC=CC21[Si](C)(C)C12C=CCC1=P(C)(C)N(C(C)(C)C)[SiH]2C. The summed E-state index contributed by atoms with van der Waals surface area (Å²) < 4.78 is 7.14. The maximum atomic E-state index is 3.14. The van der Waals surface area contributed by atoms with E-state index in [1.165, 1.54) is 12.8 Å². The van der Waals surface area contributed by atoms with Crippen molar-refractivity contribution in [2.45, 2.75) is 101 Å². The van der Waals surface area contributed by atoms with E-state index in [2.05, 4.69) is 127 Å². The lowest BCUT2D eigenvalue weighted by molar-refractivity contribution is 0.377. The Hall–Kier alpha value is 0.651. The molecular weight excluding hydrogens is 487 g/mol. The highest BCUT2D eigenvalue weighted by Crippen LogP contribution is 2.77. The molecule has 0 aromatic carbocycles. The number of nitrogens with zero attached hydrogens (tertiary/aromatic N) is 2. The van der Waals surface area contributed by atoms with Gasteiger partial charge < -0.3 is 8.67 Å². The molecule has 0 saturated heterocycles. The molecule has 0 amide bonds. The average molecular weight is 539 g/mol. The van der Waals surface area contributed by atoms with Crippen LogP contribution in [0, 0.1) is 0 Å². The zero-order valence-electron chi connectivity index (χ0n) is 24.2. The zero-order chi connectivity index (χ0) is 25.2. The smallest absolute Gasteiger partial charge is 0.125 e. The molecule has 33 heavy (non-hydrogen) atoms. The summed E-state index contributed by atoms with van der Waals surface area (Å²) in [6.07, 6.45) is 13.4. The normalized spacial score (nSPS) is 38.5. The molecule has 0 saturated carbocycles. The third kappa shape index (κ3) is 3.03. The van der Waals surface area contributed by atoms with E-state index in [1.54, 1.807) is 0 Å². The Kier molecular flexibility index (Phi) is 5.96. The molecule has 0 spiro atoms. The molecule has 0 fully saturated rings. The molecule has 0 radical (unpaired) electrons. The summed E-state index contributed by atoms with van der Waals surface area (Å²) in [5.74, 6) is 0. The average Bonchev–Trinajstić information content (AvgIpc) is 3.30. The fraction of sp³-hybridized carbons (Fsp3) is 0.769. The molecule has 2 nitrogen and oxygen atoms in total. The predicted molar refractivity (Wildman–Crippen MR) is 167 cm³/mol. The van der Waals surface area contributed by atoms with Gasteiger partial charge in [0.1, 0.15) is 17.9 Å². The minimum atomic E-state index is -1.84. The lowest BCUT2D eigenvalue weighted by Crippen LogP contribution is -2.66. The van der Waals surface area contributed by atoms with Gasteiger partial charge in [0.25, 0.3) is 0 Å². The number of hydrogen-bond donors (Lipinski definition) is 0. The highest BCUT2D eigenvalue weighted by Gasteiger charge is 2.72. The first-order valence-corrected chi connectivity index (χ1v) is 25.9. The van der Waals surface area contributed by atoms with E-state index in [0.29, 0.717) is 9.32 Å². The Bertz CT molecular complexity index is 964. The third-order valence-electron chi connectivity index (χ3n) is 10.2. The van der Waals surface area contributed by atoms with Crippen LogP contribution >= 0.6 is 14.1 Å². The molecule has 2 heterocycles. The van der Waals surface area contributed by atoms with Gasteiger partial charge in [0.15, 0.2) is 0 Å². The molecule has 2 aliphatic carbocycles. The number of allylic oxidation sites excluding steroid dienone is 4. The Balaban J connectivity index is 2.03. The molecule has 188 valence electrons. The van der Waals surface area contributed by atoms with Gasteiger partial charge in [-0.25, -0.2) is 0 Å². The van der Waals surface area contributed by atoms with Crippen LogP contribution in [-0.2, 0) is 0 Å². The van der Waals surface area contributed by atoms with E-state index in [9.17, 15) is 0 Å². The van der Waals surface area contributed by atoms with Crippen LogP contribution in [0.15, 0.2) is 24.3 Å². The standard InChI is InChI=1S/C26H52N2P2Si3/c1-23(2,3)27-29(7,8)21-17-15-19-25(21,31(27)11)33(13,14)26-20-16-18-22(26)30(9,10)28(32(26)12)24(4,5)6/h15-16,19-20,31-32H,17-18H2,1-14H3. The minimum Gasteiger partial charge on any atom is -0.301 e. The van der Waals surface area contributed by atoms with Crippen molar-refractivity contribution in [3.05, 3.63) is 24.3 Å². The highest BCUT2D eigenvalue weighted by molar-refractivity contribution is 7.77. The summed E-state index contributed by atoms with van der Waals surface area (Å²) in [5.41, 5.74) is 0.535. The van der Waals surface area contributed by atoms with Crippen molar-refractivity contribution < 1.29 is 0 Å². The van der Waals surface area contributed by atoms with Crippen LogP contribution in [0.2, 0.25) is 35.5 Å². The first-order chi connectivity index (χ1) is 14.7. The molecule has 0 aromatic rings. The van der Waals surface area contributed by atoms with Crippen LogP contribution < -0.4 is 0 Å². The molecule has 4 unspecified atom stereocenters. The summed E-state index contributed by atoms with van der Waals surface area (Å²) in [6.45, 7) is 36.9. The topological polar surface area (TPSA) is 6.48 Å². The van der Waals surface area contributed by atoms with Crippen LogP contribution in [0.4, 0.5) is 0 Å². The van der Waals surface area contributed by atoms with Crippen molar-refractivity contribution in [1.29, 1.82) is 0 Å². The molecule has 4 aliphatic rings. The maximum Gasteiger partial charge on any atom is 0.125 e. The first-order valence-electron chi connectivity index (χ1n) is 13.1. The Morgan fingerprint density at radius 3 is 1.30 bits per heavy atom. The van der Waals surface area contributed by atoms with E-state index in [-0.39, 0.29) is 11.1 Å². The summed E-state index contributed by atoms with van der Waals surface area (Å²) in [7, 11) is -6.85. The van der Waals surface area contributed by atoms with Crippen molar-refractivity contribution in [3.63, 3.8) is 0 Å². The van der Waals surface area contributed by atoms with Gasteiger partial charge in [-0.1, -0.05) is 75.2 Å². The second-order valence-corrected chi connectivity index (χ2v) is 34.6. The molecular formula is C26H52N2P2Si3. The van der Waals surface area contributed by atoms with E-state index < -0.39 is 40.1 Å². The predicted octanol–water partition coefficient (Wildman–Crippen LogP) is 6.84. The molecule has 0 bridgehead atoms. The van der Waals surface area contributed by atoms with Gasteiger partial charge in [-0.15, -0.1) is 0 Å². The van der Waals surface area contributed by atoms with Gasteiger partial charge in [-0.2, -0.15) is 0 Å². The van der Waals surface area contributed by atoms with Crippen LogP contribution in [0.3, 0.4) is 0 Å². The lowest BCUT2D eigenvalue weighted by Gasteiger charge is -2.57. The van der Waals surface area contributed by atoms with Gasteiger partial charge in [-0.3, -0.25) is 0 Å². The van der Waals surface area contributed by atoms with E-state index in [0.717, 1.165) is 0 Å². The lowest BCUT2D eigenvalue weighted by atomic mass is 10.1. The molecule has 4 rings (SSSR count). The molecule has 0 aromatic heterocycles. The first kappa shape index (κ1) is 26.7. The summed E-state index contributed by atoms with van der Waals surface area (Å²) in [4.78, 5) is 0. The Morgan fingerprint density at radius 1 is 0.727 bits per heavy atom. The van der Waals surface area contributed by atoms with E-state index in [1.807, 2.05) is 10.6 Å². The molecule has 2 aliphatic heterocycles. The van der Waals surface area contributed by atoms with Gasteiger partial charge in [-0.05, 0) is 81.0 Å². The minimum absolute atomic E-state index is 0.268. The van der Waals surface area contributed by atoms with Crippen LogP contribution in [0.5, 0.6) is 0 Å². The van der Waals surface area contributed by atoms with Crippen molar-refractivity contribution in [1.82, 2.24) is 8.67 Å². The zero-order valence-corrected chi connectivity index (χ0v) is 29.3. The van der Waals surface area contributed by atoms with Gasteiger partial charge in [0, 0.05) is 20.4 Å². The monoisotopic (exact) mass is 538 g/mol. The summed E-state index contributed by atoms with van der Waals surface area (Å²) >= 11 is 0. The van der Waals surface area contributed by atoms with Gasteiger partial charge >= 0.3 is 0 Å². The quantitative estimate of drug-likeness (QED) is 0.216. The number of fused-ring (bicyclic) bond motifs is 2. The summed E-state index contributed by atoms with van der Waals surface area (Å²) in [5, 5.41) is 4.00. The van der Waals surface area contributed by atoms with E-state index >= 15 is 0 Å². The van der Waals surface area contributed by atoms with Crippen molar-refractivity contribution in [2.75, 3.05) is 26.7 Å². The molecule has 0 N–H and O–H groups in total. The van der Waals surface area contributed by atoms with Crippen molar-refractivity contribution in [3.8, 4) is 0 Å². The van der Waals surface area contributed by atoms with Gasteiger partial charge in [0.05, 0.1) is 8.07 Å². The molecule has 7 heteroatoms. The fourth-order valence-electron chi connectivity index (χ4n) is 10.1. The van der Waals surface area contributed by atoms with Crippen LogP contribution in [0.1, 0.15) is 54.4 Å². The third-order valence-corrected chi connectivity index (χ3v) is 42.4. The van der Waals surface area contributed by atoms with Crippen LogP contribution in [-0.4, -0.2) is 83.0 Å². The maximum absolute atomic E-state index is 3.14. The molecule has 4 atom stereocenters. The van der Waals surface area contributed by atoms with Crippen molar-refractivity contribution in [2.24, 2.45) is 0 Å². The second-order valence-electron chi connectivity index (χ2n) is 14.6. The fourth-order valence-corrected chi connectivity index (χ4v) is 52.1. The largest absolute Gasteiger partial charge is 0.301 e. The summed E-state index contributed by atoms with van der Waals surface area (Å²) in [6, 6.07) is 0. The van der Waals surface area contributed by atoms with E-state index in [4.69, 9.17) is 0 Å². The Labute approximate surface area is 210 Å². The highest BCUT2D eigenvalue weighted by atomic mass is 31.2.